The first-order chi connectivity index (χ1) is 3.41. The van der Waals surface area contributed by atoms with Gasteiger partial charge in [-0.2, -0.15) is 6.42 Å². The molecule has 0 aliphatic rings. The summed E-state index contributed by atoms with van der Waals surface area (Å²) in [7, 11) is 0. The van der Waals surface area contributed by atoms with Gasteiger partial charge >= 0.3 is 37.7 Å². The normalized spacial score (nSPS) is 7.33. The molecule has 9 heavy (non-hydrogen) atoms. The van der Waals surface area contributed by atoms with E-state index in [-0.39, 0.29) is 44.3 Å². The van der Waals surface area contributed by atoms with Crippen LogP contribution in [0.5, 0.6) is 0 Å². The Bertz CT molecular complexity index is 30.2. The van der Waals surface area contributed by atoms with Crippen LogP contribution in [0.25, 0.3) is 0 Å². The van der Waals surface area contributed by atoms with Crippen LogP contribution >= 0.6 is 0 Å². The quantitative estimate of drug-likeness (QED) is 0.203. The van der Waals surface area contributed by atoms with Gasteiger partial charge in [-0.05, 0) is 0 Å². The van der Waals surface area contributed by atoms with Gasteiger partial charge in [-0.3, -0.25) is 0 Å². The Hall–Kier alpha value is 1.15. The van der Waals surface area contributed by atoms with Gasteiger partial charge in [0.2, 0.25) is 0 Å². The van der Waals surface area contributed by atoms with Crippen LogP contribution in [0, 0.1) is 6.92 Å². The molecular formula is C6H12Li2O. The van der Waals surface area contributed by atoms with Crippen LogP contribution in [0.1, 0.15) is 25.7 Å². The number of rotatable bonds is 4. The summed E-state index contributed by atoms with van der Waals surface area (Å²) in [5, 5.41) is 9.78. The zero-order valence-corrected chi connectivity index (χ0v) is 6.65. The first-order valence-corrected chi connectivity index (χ1v) is 2.79. The Morgan fingerprint density at radius 1 is 1.00 bits per heavy atom. The maximum Gasteiger partial charge on any atom is 1.00 e. The monoisotopic (exact) mass is 114 g/mol. The molecule has 0 radical (unpaired) electrons. The Labute approximate surface area is 82.0 Å². The van der Waals surface area contributed by atoms with Crippen molar-refractivity contribution in [3.05, 3.63) is 6.92 Å². The van der Waals surface area contributed by atoms with E-state index >= 15 is 0 Å². The molecule has 0 saturated heterocycles. The van der Waals surface area contributed by atoms with Gasteiger partial charge in [0.05, 0.1) is 0 Å². The van der Waals surface area contributed by atoms with Crippen molar-refractivity contribution in [3.63, 3.8) is 0 Å². The van der Waals surface area contributed by atoms with E-state index in [1.807, 2.05) is 0 Å². The van der Waals surface area contributed by atoms with E-state index in [1.54, 1.807) is 0 Å². The van der Waals surface area contributed by atoms with Crippen molar-refractivity contribution in [3.8, 4) is 0 Å². The molecule has 0 aromatic heterocycles. The summed E-state index contributed by atoms with van der Waals surface area (Å²) in [5.74, 6) is 0. The summed E-state index contributed by atoms with van der Waals surface area (Å²) >= 11 is 0. The minimum absolute atomic E-state index is 0. The molecule has 0 saturated carbocycles. The largest absolute Gasteiger partial charge is 1.00 e. The fourth-order valence-electron chi connectivity index (χ4n) is 0.456. The first-order valence-electron chi connectivity index (χ1n) is 2.79. The van der Waals surface area contributed by atoms with Crippen LogP contribution in [0.4, 0.5) is 0 Å². The minimum Gasteiger partial charge on any atom is -0.854 e. The van der Waals surface area contributed by atoms with E-state index in [4.69, 9.17) is 0 Å². The van der Waals surface area contributed by atoms with E-state index in [0.29, 0.717) is 0 Å². The second kappa shape index (κ2) is 16.1. The molecule has 0 aromatic rings. The van der Waals surface area contributed by atoms with Gasteiger partial charge in [0, 0.05) is 0 Å². The standard InChI is InChI=1S/C6H12O.2Li/c1-2-3-4-5-6-7;;/h1-6H2;;/q-2;2*+1. The Morgan fingerprint density at radius 2 is 1.56 bits per heavy atom. The van der Waals surface area contributed by atoms with Gasteiger partial charge in [-0.25, -0.2) is 0 Å². The molecule has 0 spiro atoms. The SMILES string of the molecule is [CH2-]CCCCC[O-].[Li+].[Li+]. The molecule has 0 aliphatic carbocycles. The molecule has 0 atom stereocenters. The third-order valence-corrected chi connectivity index (χ3v) is 0.894. The minimum atomic E-state index is 0. The van der Waals surface area contributed by atoms with Crippen molar-refractivity contribution >= 4 is 0 Å². The maximum absolute atomic E-state index is 9.78. The van der Waals surface area contributed by atoms with Gasteiger partial charge in [-0.15, -0.1) is 6.61 Å². The van der Waals surface area contributed by atoms with Gasteiger partial charge in [0.15, 0.2) is 0 Å². The number of unbranched alkanes of at least 4 members (excludes halogenated alkanes) is 3. The second-order valence-electron chi connectivity index (χ2n) is 1.62. The van der Waals surface area contributed by atoms with Crippen molar-refractivity contribution in [1.82, 2.24) is 0 Å². The maximum atomic E-state index is 9.78. The van der Waals surface area contributed by atoms with E-state index in [0.717, 1.165) is 25.7 Å². The number of hydrogen-bond donors (Lipinski definition) is 0. The van der Waals surface area contributed by atoms with E-state index in [2.05, 4.69) is 6.92 Å². The summed E-state index contributed by atoms with van der Waals surface area (Å²) < 4.78 is 0. The van der Waals surface area contributed by atoms with Crippen molar-refractivity contribution in [2.75, 3.05) is 6.61 Å². The van der Waals surface area contributed by atoms with Gasteiger partial charge in [-0.1, -0.05) is 19.3 Å². The average molecular weight is 114 g/mol. The smallest absolute Gasteiger partial charge is 0.854 e. The molecule has 0 aromatic carbocycles. The predicted molar refractivity (Wildman–Crippen MR) is 28.7 cm³/mol. The summed E-state index contributed by atoms with van der Waals surface area (Å²) in [6.45, 7) is 3.74. The molecule has 0 rings (SSSR count). The molecule has 0 heterocycles. The van der Waals surface area contributed by atoms with Crippen molar-refractivity contribution in [2.45, 2.75) is 25.7 Å². The predicted octanol–water partition coefficient (Wildman–Crippen LogP) is -5.25. The van der Waals surface area contributed by atoms with E-state index in [1.165, 1.54) is 0 Å². The Balaban J connectivity index is -0.000000180. The van der Waals surface area contributed by atoms with Gasteiger partial charge in [0.25, 0.3) is 0 Å². The molecule has 44 valence electrons. The van der Waals surface area contributed by atoms with Crippen LogP contribution in [0.2, 0.25) is 0 Å². The summed E-state index contributed by atoms with van der Waals surface area (Å²) in [4.78, 5) is 0. The third-order valence-electron chi connectivity index (χ3n) is 0.894. The number of hydrogen-bond acceptors (Lipinski definition) is 1. The Morgan fingerprint density at radius 3 is 1.89 bits per heavy atom. The molecule has 0 aliphatic heterocycles. The van der Waals surface area contributed by atoms with Crippen molar-refractivity contribution in [2.24, 2.45) is 0 Å². The molecule has 0 fully saturated rings. The van der Waals surface area contributed by atoms with Crippen molar-refractivity contribution in [1.29, 1.82) is 0 Å². The van der Waals surface area contributed by atoms with Crippen LogP contribution in [-0.2, 0) is 0 Å². The molecule has 0 bridgehead atoms. The van der Waals surface area contributed by atoms with Crippen LogP contribution in [0.15, 0.2) is 0 Å². The van der Waals surface area contributed by atoms with E-state index < -0.39 is 0 Å². The zero-order valence-electron chi connectivity index (χ0n) is 6.65. The molecular weight excluding hydrogens is 102 g/mol. The zero-order chi connectivity index (χ0) is 5.54. The average Bonchev–Trinajstić information content (AvgIpc) is 1.69. The molecule has 0 N–H and O–H groups in total. The summed E-state index contributed by atoms with van der Waals surface area (Å²) in [5.41, 5.74) is 0. The second-order valence-corrected chi connectivity index (χ2v) is 1.62. The fourth-order valence-corrected chi connectivity index (χ4v) is 0.456. The molecule has 0 unspecified atom stereocenters. The molecule has 0 amide bonds. The Kier molecular flexibility index (Phi) is 29.7. The van der Waals surface area contributed by atoms with Crippen LogP contribution < -0.4 is 42.8 Å². The van der Waals surface area contributed by atoms with Crippen molar-refractivity contribution < 1.29 is 42.8 Å². The van der Waals surface area contributed by atoms with Crippen LogP contribution in [-0.4, -0.2) is 6.61 Å². The van der Waals surface area contributed by atoms with Gasteiger partial charge < -0.3 is 12.0 Å². The van der Waals surface area contributed by atoms with E-state index in [9.17, 15) is 5.11 Å². The molecule has 3 heteroatoms. The fraction of sp³-hybridized carbons (Fsp3) is 0.833. The van der Waals surface area contributed by atoms with Crippen LogP contribution in [0.3, 0.4) is 0 Å². The topological polar surface area (TPSA) is 23.1 Å². The van der Waals surface area contributed by atoms with Gasteiger partial charge in [0.1, 0.15) is 0 Å². The molecule has 1 nitrogen and oxygen atoms in total. The third kappa shape index (κ3) is 17.6. The first kappa shape index (κ1) is 16.6. The summed E-state index contributed by atoms with van der Waals surface area (Å²) in [6, 6.07) is 0. The summed E-state index contributed by atoms with van der Waals surface area (Å²) in [6.07, 6.45) is 3.98.